The number of benzene rings is 2. The van der Waals surface area contributed by atoms with Crippen LogP contribution in [0.2, 0.25) is 0 Å². The number of carbonyl (C=O) groups is 2. The zero-order valence-electron chi connectivity index (χ0n) is 14.2. The van der Waals surface area contributed by atoms with E-state index < -0.39 is 17.0 Å². The van der Waals surface area contributed by atoms with E-state index in [-0.39, 0.29) is 28.9 Å². The number of rotatable bonds is 4. The largest absolute Gasteiger partial charge is 0.343 e. The van der Waals surface area contributed by atoms with Crippen molar-refractivity contribution in [3.05, 3.63) is 71.8 Å². The Balaban J connectivity index is 1.76. The molecular formula is C18H15IN4O4. The van der Waals surface area contributed by atoms with Crippen LogP contribution in [0.5, 0.6) is 0 Å². The molecule has 0 aliphatic rings. The molecule has 0 spiro atoms. The molecule has 3 aromatic rings. The number of nitrogens with one attached hydrogen (secondary N) is 4. The predicted molar refractivity (Wildman–Crippen MR) is 110 cm³/mol. The number of aromatic nitrogens is 2. The van der Waals surface area contributed by atoms with Gasteiger partial charge in [0, 0.05) is 3.57 Å². The minimum Gasteiger partial charge on any atom is -0.343 e. The van der Waals surface area contributed by atoms with Gasteiger partial charge in [0.2, 0.25) is 5.91 Å². The molecule has 0 bridgehead atoms. The van der Waals surface area contributed by atoms with Gasteiger partial charge in [-0.25, -0.2) is 0 Å². The van der Waals surface area contributed by atoms with Gasteiger partial charge in [-0.2, -0.15) is 0 Å². The Bertz CT molecular complexity index is 1170. The number of aromatic amines is 2. The van der Waals surface area contributed by atoms with Crippen molar-refractivity contribution in [2.75, 3.05) is 11.9 Å². The Labute approximate surface area is 166 Å². The molecule has 0 aliphatic heterocycles. The van der Waals surface area contributed by atoms with Gasteiger partial charge in [-0.15, -0.1) is 0 Å². The van der Waals surface area contributed by atoms with Gasteiger partial charge in [-0.05, 0) is 53.3 Å². The van der Waals surface area contributed by atoms with Crippen LogP contribution in [0.25, 0.3) is 10.8 Å². The quantitative estimate of drug-likeness (QED) is 0.425. The number of hydrogen-bond acceptors (Lipinski definition) is 4. The van der Waals surface area contributed by atoms with E-state index in [9.17, 15) is 19.2 Å². The molecule has 2 amide bonds. The number of amides is 2. The topological polar surface area (TPSA) is 124 Å². The Morgan fingerprint density at radius 1 is 1.04 bits per heavy atom. The molecule has 0 atom stereocenters. The highest BCUT2D eigenvalue weighted by Crippen LogP contribution is 2.17. The normalized spacial score (nSPS) is 10.6. The summed E-state index contributed by atoms with van der Waals surface area (Å²) in [5.74, 6) is -0.886. The average molecular weight is 478 g/mol. The number of anilines is 1. The first kappa shape index (κ1) is 18.8. The molecule has 0 saturated carbocycles. The molecule has 2 aromatic carbocycles. The van der Waals surface area contributed by atoms with Crippen LogP contribution in [0.4, 0.5) is 5.69 Å². The molecule has 27 heavy (non-hydrogen) atoms. The van der Waals surface area contributed by atoms with Gasteiger partial charge in [0.05, 0.1) is 28.6 Å². The lowest BCUT2D eigenvalue weighted by Gasteiger charge is -2.10. The summed E-state index contributed by atoms with van der Waals surface area (Å²) in [5, 5.41) is 9.80. The SMILES string of the molecule is Cc1cccc(C(=O)NCC(=O)Nc2cccc3c(=O)[nH][nH]c(=O)c23)c1I. The summed E-state index contributed by atoms with van der Waals surface area (Å²) in [6.45, 7) is 1.62. The fourth-order valence-corrected chi connectivity index (χ4v) is 3.21. The van der Waals surface area contributed by atoms with Crippen LogP contribution in [-0.4, -0.2) is 28.6 Å². The fourth-order valence-electron chi connectivity index (χ4n) is 2.61. The van der Waals surface area contributed by atoms with E-state index in [1.165, 1.54) is 12.1 Å². The molecule has 3 rings (SSSR count). The van der Waals surface area contributed by atoms with Crippen molar-refractivity contribution in [1.82, 2.24) is 15.5 Å². The monoisotopic (exact) mass is 478 g/mol. The Morgan fingerprint density at radius 3 is 2.52 bits per heavy atom. The zero-order chi connectivity index (χ0) is 19.6. The van der Waals surface area contributed by atoms with Crippen LogP contribution in [0.3, 0.4) is 0 Å². The summed E-state index contributed by atoms with van der Waals surface area (Å²) in [7, 11) is 0. The van der Waals surface area contributed by atoms with Crippen molar-refractivity contribution in [1.29, 1.82) is 0 Å². The average Bonchev–Trinajstić information content (AvgIpc) is 2.65. The molecule has 0 saturated heterocycles. The van der Waals surface area contributed by atoms with Crippen LogP contribution in [-0.2, 0) is 4.79 Å². The number of halogens is 1. The van der Waals surface area contributed by atoms with E-state index in [0.29, 0.717) is 5.56 Å². The van der Waals surface area contributed by atoms with Crippen molar-refractivity contribution >= 4 is 50.9 Å². The molecule has 4 N–H and O–H groups in total. The second kappa shape index (κ2) is 7.74. The molecule has 8 nitrogen and oxygen atoms in total. The highest BCUT2D eigenvalue weighted by molar-refractivity contribution is 14.1. The minimum atomic E-state index is -0.529. The van der Waals surface area contributed by atoms with E-state index in [2.05, 4.69) is 43.4 Å². The highest BCUT2D eigenvalue weighted by atomic mass is 127. The summed E-state index contributed by atoms with van der Waals surface area (Å²) in [6, 6.07) is 9.90. The van der Waals surface area contributed by atoms with E-state index in [1.54, 1.807) is 18.2 Å². The number of hydrogen-bond donors (Lipinski definition) is 4. The number of aryl methyl sites for hydroxylation is 1. The Kier molecular flexibility index (Phi) is 5.40. The predicted octanol–water partition coefficient (Wildman–Crippen LogP) is 1.50. The van der Waals surface area contributed by atoms with Gasteiger partial charge < -0.3 is 10.6 Å². The van der Waals surface area contributed by atoms with Crippen molar-refractivity contribution < 1.29 is 9.59 Å². The highest BCUT2D eigenvalue weighted by Gasteiger charge is 2.14. The number of fused-ring (bicyclic) bond motifs is 1. The van der Waals surface area contributed by atoms with Gasteiger partial charge in [-0.3, -0.25) is 29.4 Å². The van der Waals surface area contributed by atoms with Crippen LogP contribution < -0.4 is 21.8 Å². The van der Waals surface area contributed by atoms with Crippen LogP contribution >= 0.6 is 22.6 Å². The third-order valence-electron chi connectivity index (χ3n) is 3.95. The summed E-state index contributed by atoms with van der Waals surface area (Å²) >= 11 is 2.08. The lowest BCUT2D eigenvalue weighted by Crippen LogP contribution is -2.33. The fraction of sp³-hybridized carbons (Fsp3) is 0.111. The summed E-state index contributed by atoms with van der Waals surface area (Å²) in [4.78, 5) is 48.3. The maximum Gasteiger partial charge on any atom is 0.272 e. The molecule has 0 radical (unpaired) electrons. The lowest BCUT2D eigenvalue weighted by molar-refractivity contribution is -0.115. The Hall–Kier alpha value is -2.95. The second-order valence-corrected chi connectivity index (χ2v) is 6.88. The summed E-state index contributed by atoms with van der Waals surface area (Å²) in [6.07, 6.45) is 0. The first-order valence-electron chi connectivity index (χ1n) is 7.95. The van der Waals surface area contributed by atoms with Gasteiger partial charge in [-0.1, -0.05) is 18.2 Å². The van der Waals surface area contributed by atoms with E-state index in [1.807, 2.05) is 13.0 Å². The minimum absolute atomic E-state index is 0.0779. The standard InChI is InChI=1S/C18H15IN4O4/c1-9-4-2-6-11(15(9)19)16(25)20-8-13(24)21-12-7-3-5-10-14(12)18(27)23-22-17(10)26/h2-7H,8H2,1H3,(H,20,25)(H,21,24)(H,22,26)(H,23,27). The molecule has 138 valence electrons. The zero-order valence-corrected chi connectivity index (χ0v) is 16.3. The van der Waals surface area contributed by atoms with Crippen molar-refractivity contribution in [3.63, 3.8) is 0 Å². The molecule has 0 unspecified atom stereocenters. The molecule has 0 fully saturated rings. The molecule has 0 aliphatic carbocycles. The summed E-state index contributed by atoms with van der Waals surface area (Å²) in [5.41, 5.74) is 0.649. The summed E-state index contributed by atoms with van der Waals surface area (Å²) < 4.78 is 0.813. The van der Waals surface area contributed by atoms with Gasteiger partial charge >= 0.3 is 0 Å². The maximum atomic E-state index is 12.3. The van der Waals surface area contributed by atoms with Crippen LogP contribution in [0.15, 0.2) is 46.0 Å². The van der Waals surface area contributed by atoms with Gasteiger partial charge in [0.15, 0.2) is 0 Å². The van der Waals surface area contributed by atoms with Gasteiger partial charge in [0.1, 0.15) is 0 Å². The van der Waals surface area contributed by atoms with Crippen molar-refractivity contribution in [2.45, 2.75) is 6.92 Å². The lowest BCUT2D eigenvalue weighted by atomic mass is 10.1. The van der Waals surface area contributed by atoms with Crippen molar-refractivity contribution in [3.8, 4) is 0 Å². The number of H-pyrrole nitrogens is 2. The maximum absolute atomic E-state index is 12.3. The van der Waals surface area contributed by atoms with E-state index in [0.717, 1.165) is 9.13 Å². The van der Waals surface area contributed by atoms with Gasteiger partial charge in [0.25, 0.3) is 17.0 Å². The smallest absolute Gasteiger partial charge is 0.272 e. The third kappa shape index (κ3) is 3.92. The molecule has 1 heterocycles. The van der Waals surface area contributed by atoms with E-state index >= 15 is 0 Å². The third-order valence-corrected chi connectivity index (χ3v) is 5.38. The second-order valence-electron chi connectivity index (χ2n) is 5.80. The van der Waals surface area contributed by atoms with E-state index in [4.69, 9.17) is 0 Å². The van der Waals surface area contributed by atoms with Crippen LogP contribution in [0.1, 0.15) is 15.9 Å². The Morgan fingerprint density at radius 2 is 1.74 bits per heavy atom. The number of carbonyl (C=O) groups excluding carboxylic acids is 2. The molecule has 9 heteroatoms. The first-order chi connectivity index (χ1) is 12.9. The molecular weight excluding hydrogens is 463 g/mol. The first-order valence-corrected chi connectivity index (χ1v) is 9.03. The molecule has 1 aromatic heterocycles. The van der Waals surface area contributed by atoms with Crippen molar-refractivity contribution in [2.24, 2.45) is 0 Å². The van der Waals surface area contributed by atoms with Crippen LogP contribution in [0, 0.1) is 10.5 Å².